The number of aromatic nitrogens is 2. The van der Waals surface area contributed by atoms with Gasteiger partial charge in [0, 0.05) is 50.0 Å². The van der Waals surface area contributed by atoms with Crippen LogP contribution in [0.15, 0.2) is 109 Å². The third-order valence-electron chi connectivity index (χ3n) is 5.25. The molecule has 0 atom stereocenters. The summed E-state index contributed by atoms with van der Waals surface area (Å²) in [6, 6.07) is 31.9. The minimum atomic E-state index is -0.125. The number of pyridine rings is 2. The smallest absolute Gasteiger partial charge is 0.155 e. The van der Waals surface area contributed by atoms with Crippen molar-refractivity contribution in [3.8, 4) is 21.1 Å². The largest absolute Gasteiger partial charge is 0.512 e. The molecule has 39 heavy (non-hydrogen) atoms. The second-order valence-corrected chi connectivity index (χ2v) is 10.4. The van der Waals surface area contributed by atoms with E-state index in [9.17, 15) is 4.79 Å². The quantitative estimate of drug-likeness (QED) is 0.112. The van der Waals surface area contributed by atoms with E-state index in [0.29, 0.717) is 0 Å². The number of carbonyl (C=O) groups is 1. The van der Waals surface area contributed by atoms with Gasteiger partial charge in [0.15, 0.2) is 5.78 Å². The molecule has 0 aliphatic heterocycles. The van der Waals surface area contributed by atoms with Gasteiger partial charge in [-0.05, 0) is 51.2 Å². The summed E-state index contributed by atoms with van der Waals surface area (Å²) in [5, 5.41) is 10.8. The molecule has 0 aliphatic rings. The van der Waals surface area contributed by atoms with Crippen molar-refractivity contribution in [1.82, 2.24) is 9.97 Å². The summed E-state index contributed by atoms with van der Waals surface area (Å²) in [6.07, 6.45) is 4.80. The summed E-state index contributed by atoms with van der Waals surface area (Å²) in [5.74, 6) is -0.0625. The minimum Gasteiger partial charge on any atom is -0.512 e. The Morgan fingerprint density at radius 1 is 0.821 bits per heavy atom. The zero-order valence-corrected chi connectivity index (χ0v) is 25.4. The summed E-state index contributed by atoms with van der Waals surface area (Å²) in [7, 11) is 0. The maximum Gasteiger partial charge on any atom is 0.155 e. The summed E-state index contributed by atoms with van der Waals surface area (Å²) in [6.45, 7) is 7.00. The topological polar surface area (TPSA) is 63.1 Å². The molecule has 4 heterocycles. The zero-order chi connectivity index (χ0) is 26.9. The summed E-state index contributed by atoms with van der Waals surface area (Å²) in [5.41, 5.74) is 3.09. The van der Waals surface area contributed by atoms with Gasteiger partial charge >= 0.3 is 0 Å². The number of hydrogen-bond acceptors (Lipinski definition) is 6. The molecule has 6 rings (SSSR count). The van der Waals surface area contributed by atoms with Crippen molar-refractivity contribution in [1.29, 1.82) is 0 Å². The Balaban J connectivity index is 0.000000172. The van der Waals surface area contributed by atoms with E-state index in [0.717, 1.165) is 21.8 Å². The number of ketones is 1. The molecule has 0 bridgehead atoms. The van der Waals surface area contributed by atoms with Gasteiger partial charge in [-0.15, -0.1) is 35.0 Å². The second-order valence-electron chi connectivity index (χ2n) is 8.28. The van der Waals surface area contributed by atoms with Crippen LogP contribution in [0.5, 0.6) is 0 Å². The first-order chi connectivity index (χ1) is 18.4. The number of carbonyl (C=O) groups excluding carboxylic acids is 1. The monoisotopic (exact) mass is 727 g/mol. The van der Waals surface area contributed by atoms with Gasteiger partial charge in [0.1, 0.15) is 0 Å². The van der Waals surface area contributed by atoms with Crippen LogP contribution >= 0.6 is 22.7 Å². The maximum absolute atomic E-state index is 10.0. The Morgan fingerprint density at radius 2 is 1.41 bits per heavy atom. The molecule has 0 aliphatic carbocycles. The SMILES string of the molecule is CC(=O)C=C(C)O.[CH2-]c1c(-c2ccccn2)sc2ccccc12.[Ir].[c-]1c(-c2ccccn2)sc2ccccc12. The molecule has 4 aromatic heterocycles. The number of aliphatic hydroxyl groups excluding tert-OH is 1. The average molecular weight is 727 g/mol. The van der Waals surface area contributed by atoms with Gasteiger partial charge in [0.05, 0.1) is 5.76 Å². The Bertz CT molecular complexity index is 1640. The van der Waals surface area contributed by atoms with Crippen LogP contribution in [-0.4, -0.2) is 20.9 Å². The van der Waals surface area contributed by atoms with Gasteiger partial charge in [-0.1, -0.05) is 48.5 Å². The van der Waals surface area contributed by atoms with Crippen LogP contribution in [0.4, 0.5) is 0 Å². The molecule has 199 valence electrons. The predicted molar refractivity (Wildman–Crippen MR) is 160 cm³/mol. The third-order valence-corrected chi connectivity index (χ3v) is 7.58. The van der Waals surface area contributed by atoms with Crippen LogP contribution in [0.2, 0.25) is 0 Å². The standard InChI is InChI=1S/C14H10NS.C13H8NS.C5H8O2.Ir/c1-10-11-6-2-3-8-13(11)16-14(10)12-7-4-5-9-15-12;1-2-7-12-10(5-1)9-13(15-12)11-6-3-4-8-14-11;1-4(6)3-5(2)7;/h2-9H,1H2;1-8H;3,6H,1-2H3;/q2*-1;;. The van der Waals surface area contributed by atoms with Crippen molar-refractivity contribution in [3.05, 3.63) is 128 Å². The fourth-order valence-corrected chi connectivity index (χ4v) is 5.74. The van der Waals surface area contributed by atoms with Crippen molar-refractivity contribution in [2.75, 3.05) is 0 Å². The molecule has 1 N–H and O–H groups in total. The summed E-state index contributed by atoms with van der Waals surface area (Å²) in [4.78, 5) is 21.0. The normalized spacial score (nSPS) is 10.6. The van der Waals surface area contributed by atoms with E-state index >= 15 is 0 Å². The molecular formula is C32H26IrN2O2S2-2. The van der Waals surface area contributed by atoms with Crippen LogP contribution in [-0.2, 0) is 24.9 Å². The van der Waals surface area contributed by atoms with Gasteiger partial charge in [-0.25, -0.2) is 22.7 Å². The van der Waals surface area contributed by atoms with E-state index in [2.05, 4.69) is 59.4 Å². The fourth-order valence-electron chi connectivity index (χ4n) is 3.63. The van der Waals surface area contributed by atoms with Gasteiger partial charge in [-0.2, -0.15) is 12.5 Å². The number of rotatable bonds is 3. The van der Waals surface area contributed by atoms with Crippen molar-refractivity contribution in [2.24, 2.45) is 0 Å². The zero-order valence-electron chi connectivity index (χ0n) is 21.4. The molecule has 0 saturated carbocycles. The van der Waals surface area contributed by atoms with E-state index in [4.69, 9.17) is 5.11 Å². The summed E-state index contributed by atoms with van der Waals surface area (Å²) < 4.78 is 2.53. The van der Waals surface area contributed by atoms with Crippen LogP contribution in [0.1, 0.15) is 19.4 Å². The van der Waals surface area contributed by atoms with Crippen LogP contribution in [0.25, 0.3) is 41.3 Å². The molecule has 0 amide bonds. The molecule has 4 nitrogen and oxygen atoms in total. The minimum absolute atomic E-state index is 0. The molecular weight excluding hydrogens is 701 g/mol. The number of benzene rings is 2. The molecule has 1 radical (unpaired) electrons. The van der Waals surface area contributed by atoms with E-state index in [1.165, 1.54) is 45.0 Å². The Labute approximate surface area is 250 Å². The van der Waals surface area contributed by atoms with Gasteiger partial charge in [0.25, 0.3) is 0 Å². The van der Waals surface area contributed by atoms with Crippen LogP contribution in [0.3, 0.4) is 0 Å². The Hall–Kier alpha value is -3.61. The second kappa shape index (κ2) is 14.5. The molecule has 0 spiro atoms. The molecule has 2 aromatic carbocycles. The fraction of sp³-hybridized carbons (Fsp3) is 0.0625. The predicted octanol–water partition coefficient (Wildman–Crippen LogP) is 8.94. The van der Waals surface area contributed by atoms with Crippen LogP contribution in [0, 0.1) is 13.0 Å². The van der Waals surface area contributed by atoms with E-state index in [1.807, 2.05) is 60.9 Å². The van der Waals surface area contributed by atoms with Crippen LogP contribution < -0.4 is 0 Å². The molecule has 7 heteroatoms. The van der Waals surface area contributed by atoms with E-state index < -0.39 is 0 Å². The molecule has 0 fully saturated rings. The number of nitrogens with zero attached hydrogens (tertiary/aromatic N) is 2. The number of thiophene rings is 2. The molecule has 6 aromatic rings. The number of hydrogen-bond donors (Lipinski definition) is 1. The van der Waals surface area contributed by atoms with E-state index in [-0.39, 0.29) is 31.6 Å². The Morgan fingerprint density at radius 3 is 1.95 bits per heavy atom. The third kappa shape index (κ3) is 8.19. The number of fused-ring (bicyclic) bond motifs is 2. The Kier molecular flexibility index (Phi) is 11.1. The first-order valence-electron chi connectivity index (χ1n) is 11.9. The maximum atomic E-state index is 10.0. The molecule has 0 unspecified atom stereocenters. The van der Waals surface area contributed by atoms with Crippen molar-refractivity contribution in [3.63, 3.8) is 0 Å². The van der Waals surface area contributed by atoms with Crippen molar-refractivity contribution in [2.45, 2.75) is 13.8 Å². The number of aliphatic hydroxyl groups is 1. The van der Waals surface area contributed by atoms with Crippen molar-refractivity contribution >= 4 is 48.6 Å². The number of allylic oxidation sites excluding steroid dienone is 2. The summed E-state index contributed by atoms with van der Waals surface area (Å²) >= 11 is 3.48. The molecule has 0 saturated heterocycles. The van der Waals surface area contributed by atoms with Gasteiger partial charge in [0.2, 0.25) is 0 Å². The van der Waals surface area contributed by atoms with Gasteiger partial charge < -0.3 is 10.1 Å². The first kappa shape index (κ1) is 29.9. The van der Waals surface area contributed by atoms with Gasteiger partial charge in [-0.3, -0.25) is 9.78 Å². The average Bonchev–Trinajstić information content (AvgIpc) is 3.51. The van der Waals surface area contributed by atoms with Crippen molar-refractivity contribution < 1.29 is 30.0 Å². The van der Waals surface area contributed by atoms with E-state index in [1.54, 1.807) is 22.7 Å². The first-order valence-corrected chi connectivity index (χ1v) is 13.5.